The summed E-state index contributed by atoms with van der Waals surface area (Å²) in [5.74, 6) is -4.46. The quantitative estimate of drug-likeness (QED) is 0.100. The standard InChI is InChI=1S/C20H35N5O8S2/c1-34-9-7-11(21)17(29)23-13(8-10-35-2)19(31)24-12(3-5-15(22)26)18(30)25-14(20(32)33)4-6-16(27)28/h11-14H,3-10,21H2,1-2H3,(H2,22,26)(H,23,29)(H,24,31)(H,25,30)(H,27,28)(H,32,33). The van der Waals surface area contributed by atoms with Gasteiger partial charge in [-0.1, -0.05) is 0 Å². The minimum atomic E-state index is -1.52. The number of nitrogens with two attached hydrogens (primary N) is 2. The van der Waals surface area contributed by atoms with Crippen LogP contribution in [0.5, 0.6) is 0 Å². The van der Waals surface area contributed by atoms with Crippen LogP contribution < -0.4 is 27.4 Å². The van der Waals surface area contributed by atoms with Gasteiger partial charge in [0.1, 0.15) is 18.1 Å². The summed E-state index contributed by atoms with van der Waals surface area (Å²) in [6, 6.07) is -4.72. The molecule has 13 nitrogen and oxygen atoms in total. The Kier molecular flexibility index (Phi) is 16.6. The third kappa shape index (κ3) is 14.5. The topological polar surface area (TPSA) is 231 Å². The predicted molar refractivity (Wildman–Crippen MR) is 133 cm³/mol. The summed E-state index contributed by atoms with van der Waals surface area (Å²) in [5.41, 5.74) is 11.0. The molecule has 9 N–H and O–H groups in total. The van der Waals surface area contributed by atoms with Gasteiger partial charge in [-0.05, 0) is 49.7 Å². The molecule has 0 aliphatic carbocycles. The zero-order chi connectivity index (χ0) is 27.0. The first kappa shape index (κ1) is 32.5. The summed E-state index contributed by atoms with van der Waals surface area (Å²) in [7, 11) is 0. The van der Waals surface area contributed by atoms with Crippen molar-refractivity contribution in [2.75, 3.05) is 24.0 Å². The van der Waals surface area contributed by atoms with Crippen molar-refractivity contribution in [1.82, 2.24) is 16.0 Å². The maximum atomic E-state index is 12.9. The van der Waals surface area contributed by atoms with E-state index in [9.17, 15) is 33.9 Å². The molecule has 200 valence electrons. The number of carboxylic acid groups (broad SMARTS) is 2. The fourth-order valence-corrected chi connectivity index (χ4v) is 3.75. The largest absolute Gasteiger partial charge is 0.481 e. The summed E-state index contributed by atoms with van der Waals surface area (Å²) >= 11 is 2.95. The summed E-state index contributed by atoms with van der Waals surface area (Å²) < 4.78 is 0. The Balaban J connectivity index is 5.50. The molecule has 15 heteroatoms. The molecule has 35 heavy (non-hydrogen) atoms. The highest BCUT2D eigenvalue weighted by Crippen LogP contribution is 2.07. The van der Waals surface area contributed by atoms with Gasteiger partial charge in [-0.3, -0.25) is 24.0 Å². The zero-order valence-electron chi connectivity index (χ0n) is 19.8. The Bertz CT molecular complexity index is 755. The first-order valence-corrected chi connectivity index (χ1v) is 13.6. The molecule has 0 aromatic carbocycles. The van der Waals surface area contributed by atoms with Crippen LogP contribution in [0.2, 0.25) is 0 Å². The summed E-state index contributed by atoms with van der Waals surface area (Å²) in [6.45, 7) is 0. The molecule has 0 saturated heterocycles. The van der Waals surface area contributed by atoms with E-state index in [1.54, 1.807) is 0 Å². The first-order valence-electron chi connectivity index (χ1n) is 10.8. The smallest absolute Gasteiger partial charge is 0.326 e. The fourth-order valence-electron chi connectivity index (χ4n) is 2.78. The number of thioether (sulfide) groups is 2. The summed E-state index contributed by atoms with van der Waals surface area (Å²) in [5, 5.41) is 25.3. The lowest BCUT2D eigenvalue weighted by Gasteiger charge is -2.25. The molecule has 0 rings (SSSR count). The van der Waals surface area contributed by atoms with E-state index in [0.29, 0.717) is 17.9 Å². The Hall–Kier alpha value is -2.52. The number of rotatable bonds is 19. The van der Waals surface area contributed by atoms with Crippen LogP contribution in [0, 0.1) is 0 Å². The number of primary amides is 1. The number of nitrogens with one attached hydrogen (secondary N) is 3. The Morgan fingerprint density at radius 1 is 0.714 bits per heavy atom. The van der Waals surface area contributed by atoms with Gasteiger partial charge in [0.15, 0.2) is 0 Å². The van der Waals surface area contributed by atoms with Crippen molar-refractivity contribution in [3.05, 3.63) is 0 Å². The number of amides is 4. The van der Waals surface area contributed by atoms with Crippen molar-refractivity contribution in [3.63, 3.8) is 0 Å². The molecule has 4 amide bonds. The molecule has 4 atom stereocenters. The molecule has 0 radical (unpaired) electrons. The van der Waals surface area contributed by atoms with Crippen molar-refractivity contribution in [2.45, 2.75) is 62.7 Å². The number of aliphatic carboxylic acids is 2. The van der Waals surface area contributed by atoms with Gasteiger partial charge in [-0.25, -0.2) is 4.79 Å². The van der Waals surface area contributed by atoms with Crippen LogP contribution in [0.4, 0.5) is 0 Å². The van der Waals surface area contributed by atoms with Gasteiger partial charge in [-0.2, -0.15) is 23.5 Å². The average molecular weight is 538 g/mol. The molecule has 0 aromatic heterocycles. The van der Waals surface area contributed by atoms with E-state index in [4.69, 9.17) is 16.6 Å². The molecule has 0 aromatic rings. The third-order valence-electron chi connectivity index (χ3n) is 4.79. The molecule has 0 fully saturated rings. The van der Waals surface area contributed by atoms with Crippen LogP contribution in [-0.2, 0) is 28.8 Å². The molecule has 4 unspecified atom stereocenters. The minimum Gasteiger partial charge on any atom is -0.481 e. The zero-order valence-corrected chi connectivity index (χ0v) is 21.4. The van der Waals surface area contributed by atoms with Gasteiger partial charge < -0.3 is 37.6 Å². The molecule has 0 bridgehead atoms. The van der Waals surface area contributed by atoms with Crippen LogP contribution in [-0.4, -0.2) is 94.0 Å². The highest BCUT2D eigenvalue weighted by Gasteiger charge is 2.30. The second-order valence-corrected chi connectivity index (χ2v) is 9.60. The van der Waals surface area contributed by atoms with E-state index in [2.05, 4.69) is 16.0 Å². The monoisotopic (exact) mass is 537 g/mol. The van der Waals surface area contributed by atoms with Crippen molar-refractivity contribution in [2.24, 2.45) is 11.5 Å². The molecule has 0 saturated carbocycles. The Morgan fingerprint density at radius 2 is 1.17 bits per heavy atom. The second-order valence-electron chi connectivity index (χ2n) is 7.63. The lowest BCUT2D eigenvalue weighted by atomic mass is 10.1. The van der Waals surface area contributed by atoms with Crippen LogP contribution in [0.3, 0.4) is 0 Å². The molecular weight excluding hydrogens is 502 g/mol. The van der Waals surface area contributed by atoms with Gasteiger partial charge >= 0.3 is 11.9 Å². The average Bonchev–Trinajstić information content (AvgIpc) is 2.79. The van der Waals surface area contributed by atoms with E-state index < -0.39 is 66.2 Å². The number of carboxylic acids is 2. The first-order chi connectivity index (χ1) is 16.4. The van der Waals surface area contributed by atoms with Crippen molar-refractivity contribution < 1.29 is 39.0 Å². The molecular formula is C20H35N5O8S2. The van der Waals surface area contributed by atoms with E-state index >= 15 is 0 Å². The number of carbonyl (C=O) groups excluding carboxylic acids is 4. The van der Waals surface area contributed by atoms with Crippen molar-refractivity contribution in [1.29, 1.82) is 0 Å². The molecule has 0 aliphatic rings. The number of carbonyl (C=O) groups is 6. The van der Waals surface area contributed by atoms with Crippen LogP contribution in [0.1, 0.15) is 38.5 Å². The number of hydrogen-bond donors (Lipinski definition) is 7. The highest BCUT2D eigenvalue weighted by atomic mass is 32.2. The minimum absolute atomic E-state index is 0.228. The van der Waals surface area contributed by atoms with E-state index in [1.165, 1.54) is 23.5 Å². The van der Waals surface area contributed by atoms with E-state index in [-0.39, 0.29) is 25.7 Å². The van der Waals surface area contributed by atoms with Gasteiger partial charge in [-0.15, -0.1) is 0 Å². The van der Waals surface area contributed by atoms with Gasteiger partial charge in [0.05, 0.1) is 6.04 Å². The Labute approximate surface area is 212 Å². The maximum Gasteiger partial charge on any atom is 0.326 e. The normalized spacial score (nSPS) is 14.1. The highest BCUT2D eigenvalue weighted by molar-refractivity contribution is 7.98. The summed E-state index contributed by atoms with van der Waals surface area (Å²) in [6.07, 6.45) is 2.92. The molecule has 0 heterocycles. The third-order valence-corrected chi connectivity index (χ3v) is 6.08. The Morgan fingerprint density at radius 3 is 1.66 bits per heavy atom. The lowest BCUT2D eigenvalue weighted by Crippen LogP contribution is -2.57. The predicted octanol–water partition coefficient (Wildman–Crippen LogP) is -1.51. The second kappa shape index (κ2) is 17.8. The number of hydrogen-bond acceptors (Lipinski definition) is 9. The maximum absolute atomic E-state index is 12.9. The van der Waals surface area contributed by atoms with Gasteiger partial charge in [0.2, 0.25) is 23.6 Å². The van der Waals surface area contributed by atoms with E-state index in [0.717, 1.165) is 0 Å². The van der Waals surface area contributed by atoms with Gasteiger partial charge in [0.25, 0.3) is 0 Å². The van der Waals surface area contributed by atoms with Crippen molar-refractivity contribution in [3.8, 4) is 0 Å². The van der Waals surface area contributed by atoms with Crippen LogP contribution >= 0.6 is 23.5 Å². The van der Waals surface area contributed by atoms with Crippen LogP contribution in [0.15, 0.2) is 0 Å². The van der Waals surface area contributed by atoms with Crippen molar-refractivity contribution >= 4 is 59.1 Å². The van der Waals surface area contributed by atoms with Crippen LogP contribution in [0.25, 0.3) is 0 Å². The summed E-state index contributed by atoms with van der Waals surface area (Å²) in [4.78, 5) is 71.5. The fraction of sp³-hybridized carbons (Fsp3) is 0.700. The van der Waals surface area contributed by atoms with E-state index in [1.807, 2.05) is 12.5 Å². The molecule has 0 aliphatic heterocycles. The SMILES string of the molecule is CSCCC(N)C(=O)NC(CCSC)C(=O)NC(CCC(N)=O)C(=O)NC(CCC(=O)O)C(=O)O. The molecule has 0 spiro atoms. The lowest BCUT2D eigenvalue weighted by molar-refractivity contribution is -0.143. The van der Waals surface area contributed by atoms with Gasteiger partial charge in [0, 0.05) is 12.8 Å².